The lowest BCUT2D eigenvalue weighted by atomic mass is 9.95. The fourth-order valence-corrected chi connectivity index (χ4v) is 4.92. The molecule has 0 saturated heterocycles. The Labute approximate surface area is 150 Å². The van der Waals surface area contributed by atoms with Crippen LogP contribution in [0, 0.1) is 0 Å². The van der Waals surface area contributed by atoms with Crippen molar-refractivity contribution in [1.82, 2.24) is 0 Å². The number of ether oxygens (including phenoxy) is 6. The molecule has 1 aromatic carbocycles. The minimum Gasteiger partial charge on any atom is -0.373 e. The molecule has 0 aliphatic heterocycles. The van der Waals surface area contributed by atoms with E-state index in [1.807, 2.05) is 24.3 Å². The average Bonchev–Trinajstić information content (AvgIpc) is 2.63. The van der Waals surface area contributed by atoms with Crippen molar-refractivity contribution in [2.75, 3.05) is 42.7 Å². The van der Waals surface area contributed by atoms with E-state index in [-0.39, 0.29) is 0 Å². The fourth-order valence-electron chi connectivity index (χ4n) is 3.11. The van der Waals surface area contributed by atoms with Gasteiger partial charge >= 0.3 is 0 Å². The highest BCUT2D eigenvalue weighted by atomic mass is 28.1. The van der Waals surface area contributed by atoms with Crippen molar-refractivity contribution in [3.8, 4) is 0 Å². The van der Waals surface area contributed by atoms with E-state index in [4.69, 9.17) is 28.4 Å². The van der Waals surface area contributed by atoms with Crippen LogP contribution in [0.25, 0.3) is 0 Å². The summed E-state index contributed by atoms with van der Waals surface area (Å²) in [5, 5.41) is -1.39. The Morgan fingerprint density at radius 3 is 1.17 bits per heavy atom. The zero-order valence-electron chi connectivity index (χ0n) is 15.9. The molecule has 0 amide bonds. The van der Waals surface area contributed by atoms with Crippen LogP contribution in [-0.4, -0.2) is 75.7 Å². The molecule has 0 heterocycles. The molecule has 8 heteroatoms. The zero-order valence-corrected chi connectivity index (χ0v) is 19.9. The summed E-state index contributed by atoms with van der Waals surface area (Å²) in [6, 6.07) is 7.98. The van der Waals surface area contributed by atoms with Crippen LogP contribution in [0.1, 0.15) is 11.1 Å². The highest BCUT2D eigenvalue weighted by Crippen LogP contribution is 2.38. The number of hydrogen-bond donors (Lipinski definition) is 0. The quantitative estimate of drug-likeness (QED) is 0.397. The summed E-state index contributed by atoms with van der Waals surface area (Å²) in [5.41, 5.74) is 1.92. The van der Waals surface area contributed by atoms with Crippen molar-refractivity contribution in [3.05, 3.63) is 35.4 Å². The number of methoxy groups -OCH3 is 6. The number of rotatable bonds is 10. The van der Waals surface area contributed by atoms with Gasteiger partial charge in [0.05, 0.1) is 20.5 Å². The summed E-state index contributed by atoms with van der Waals surface area (Å²) < 4.78 is 33.8. The summed E-state index contributed by atoms with van der Waals surface area (Å²) >= 11 is 0. The molecular weight excluding hydrogens is 344 g/mol. The van der Waals surface area contributed by atoms with Gasteiger partial charge in [0.2, 0.25) is 0 Å². The Morgan fingerprint density at radius 2 is 0.958 bits per heavy atom. The normalized spacial score (nSPS) is 17.3. The molecule has 0 spiro atoms. The smallest absolute Gasteiger partial charge is 0.185 e. The minimum atomic E-state index is -0.694. The average molecular weight is 375 g/mol. The Morgan fingerprint density at radius 1 is 0.667 bits per heavy atom. The predicted molar refractivity (Wildman–Crippen MR) is 99.3 cm³/mol. The molecule has 0 aromatic heterocycles. The lowest BCUT2D eigenvalue weighted by Crippen LogP contribution is -2.50. The van der Waals surface area contributed by atoms with E-state index in [9.17, 15) is 0 Å². The highest BCUT2D eigenvalue weighted by molar-refractivity contribution is 6.17. The molecule has 1 aromatic rings. The summed E-state index contributed by atoms with van der Waals surface area (Å²) in [6.07, 6.45) is -1.05. The van der Waals surface area contributed by atoms with Crippen molar-refractivity contribution >= 4 is 20.5 Å². The maximum Gasteiger partial charge on any atom is 0.185 e. The third-order valence-corrected chi connectivity index (χ3v) is 7.44. The third kappa shape index (κ3) is 3.81. The molecule has 0 aliphatic rings. The Bertz CT molecular complexity index is 464. The Hall–Kier alpha value is -0.586. The standard InChI is InChI=1S/C16H30O6Si2/c1-17-13(18-2)15(23,21-5)11-9-7-8-10-12(11)16(24,22-6)14(19-3)20-4/h7-10,13-14H,1-6,23-24H3. The van der Waals surface area contributed by atoms with Gasteiger partial charge in [-0.2, -0.15) is 0 Å². The monoisotopic (exact) mass is 374 g/mol. The molecule has 0 radical (unpaired) electrons. The fraction of sp³-hybridized carbons (Fsp3) is 0.625. The van der Waals surface area contributed by atoms with Crippen LogP contribution in [0.3, 0.4) is 0 Å². The van der Waals surface area contributed by atoms with Crippen molar-refractivity contribution < 1.29 is 28.4 Å². The molecule has 0 fully saturated rings. The summed E-state index contributed by atoms with van der Waals surface area (Å²) in [6.45, 7) is 0. The highest BCUT2D eigenvalue weighted by Gasteiger charge is 2.45. The summed E-state index contributed by atoms with van der Waals surface area (Å²) in [5.74, 6) is 0. The van der Waals surface area contributed by atoms with Gasteiger partial charge in [-0.1, -0.05) is 24.3 Å². The molecule has 0 N–H and O–H groups in total. The van der Waals surface area contributed by atoms with E-state index in [0.717, 1.165) is 11.1 Å². The zero-order chi connectivity index (χ0) is 18.4. The number of benzene rings is 1. The first-order chi connectivity index (χ1) is 11.4. The van der Waals surface area contributed by atoms with Crippen LogP contribution >= 0.6 is 0 Å². The second-order valence-corrected chi connectivity index (χ2v) is 8.75. The lowest BCUT2D eigenvalue weighted by Gasteiger charge is -2.41. The maximum absolute atomic E-state index is 5.89. The van der Waals surface area contributed by atoms with Gasteiger partial charge in [-0.25, -0.2) is 0 Å². The van der Waals surface area contributed by atoms with Crippen LogP contribution in [0.15, 0.2) is 24.3 Å². The summed E-state index contributed by atoms with van der Waals surface area (Å²) in [4.78, 5) is 0. The molecule has 6 nitrogen and oxygen atoms in total. The second kappa shape index (κ2) is 9.21. The molecule has 1 rings (SSSR count). The van der Waals surface area contributed by atoms with Crippen molar-refractivity contribution in [2.45, 2.75) is 23.0 Å². The second-order valence-electron chi connectivity index (χ2n) is 5.77. The first-order valence-corrected chi connectivity index (χ1v) is 9.71. The van der Waals surface area contributed by atoms with Crippen LogP contribution in [0.5, 0.6) is 0 Å². The molecule has 24 heavy (non-hydrogen) atoms. The van der Waals surface area contributed by atoms with Crippen molar-refractivity contribution in [2.24, 2.45) is 0 Å². The van der Waals surface area contributed by atoms with E-state index >= 15 is 0 Å². The van der Waals surface area contributed by atoms with Gasteiger partial charge in [-0.3, -0.25) is 0 Å². The van der Waals surface area contributed by atoms with E-state index in [0.29, 0.717) is 20.5 Å². The van der Waals surface area contributed by atoms with Gasteiger partial charge in [0.1, 0.15) is 10.4 Å². The molecule has 0 saturated carbocycles. The van der Waals surface area contributed by atoms with Gasteiger partial charge in [0.25, 0.3) is 0 Å². The topological polar surface area (TPSA) is 55.4 Å². The first-order valence-electron chi connectivity index (χ1n) is 7.71. The minimum absolute atomic E-state index is 0.526. The maximum atomic E-state index is 5.89. The van der Waals surface area contributed by atoms with E-state index in [2.05, 4.69) is 0 Å². The van der Waals surface area contributed by atoms with E-state index in [1.54, 1.807) is 42.7 Å². The Kier molecular flexibility index (Phi) is 8.23. The molecule has 0 aliphatic carbocycles. The molecule has 2 atom stereocenters. The van der Waals surface area contributed by atoms with Gasteiger partial charge in [-0.15, -0.1) is 0 Å². The van der Waals surface area contributed by atoms with Crippen molar-refractivity contribution in [1.29, 1.82) is 0 Å². The summed E-state index contributed by atoms with van der Waals surface area (Å²) in [7, 11) is 11.1. The van der Waals surface area contributed by atoms with Crippen LogP contribution in [0.4, 0.5) is 0 Å². The lowest BCUT2D eigenvalue weighted by molar-refractivity contribution is -0.205. The molecule has 138 valence electrons. The first kappa shape index (κ1) is 21.5. The van der Waals surface area contributed by atoms with Gasteiger partial charge in [-0.05, 0) is 11.1 Å². The third-order valence-electron chi connectivity index (χ3n) is 4.60. The van der Waals surface area contributed by atoms with Gasteiger partial charge in [0, 0.05) is 42.7 Å². The largest absolute Gasteiger partial charge is 0.373 e. The molecule has 2 unspecified atom stereocenters. The number of hydrogen-bond acceptors (Lipinski definition) is 6. The van der Waals surface area contributed by atoms with E-state index in [1.165, 1.54) is 0 Å². The Balaban J connectivity index is 3.58. The van der Waals surface area contributed by atoms with Gasteiger partial charge < -0.3 is 28.4 Å². The van der Waals surface area contributed by atoms with Gasteiger partial charge in [0.15, 0.2) is 12.6 Å². The SMILES string of the molecule is COC(OC)C([SiH3])(OC)c1ccccc1C([SiH3])(OC)C(OC)OC. The molecule has 0 bridgehead atoms. The predicted octanol–water partition coefficient (Wildman–Crippen LogP) is -0.746. The van der Waals surface area contributed by atoms with Crippen LogP contribution < -0.4 is 0 Å². The van der Waals surface area contributed by atoms with E-state index < -0.39 is 23.0 Å². The van der Waals surface area contributed by atoms with Crippen LogP contribution in [0.2, 0.25) is 0 Å². The molecular formula is C16H30O6Si2. The van der Waals surface area contributed by atoms with Crippen molar-refractivity contribution in [3.63, 3.8) is 0 Å². The van der Waals surface area contributed by atoms with Crippen LogP contribution in [-0.2, 0) is 38.9 Å².